The standard InChI is InChI=1S/C13H15Br2NO3S/c1-13(2,3)16-9(17)4-6(12(18)19)10(16)8-5-7(14)11(15)20-8/h5-6,10H,4H2,1-3H3,(H,18,19). The second-order valence-corrected chi connectivity index (χ2v) is 9.05. The minimum absolute atomic E-state index is 0.0599. The van der Waals surface area contributed by atoms with Gasteiger partial charge in [-0.1, -0.05) is 0 Å². The highest BCUT2D eigenvalue weighted by atomic mass is 79.9. The zero-order chi connectivity index (χ0) is 15.2. The number of aliphatic carboxylic acids is 1. The van der Waals surface area contributed by atoms with Gasteiger partial charge in [-0.2, -0.15) is 0 Å². The van der Waals surface area contributed by atoms with Crippen molar-refractivity contribution in [3.63, 3.8) is 0 Å². The molecule has 1 aromatic rings. The number of rotatable bonds is 2. The Balaban J connectivity index is 2.51. The van der Waals surface area contributed by atoms with Gasteiger partial charge in [0.1, 0.15) is 0 Å². The summed E-state index contributed by atoms with van der Waals surface area (Å²) in [6.07, 6.45) is 0.0599. The lowest BCUT2D eigenvalue weighted by Gasteiger charge is -2.37. The molecule has 2 atom stereocenters. The topological polar surface area (TPSA) is 57.6 Å². The van der Waals surface area contributed by atoms with Crippen molar-refractivity contribution in [2.45, 2.75) is 38.8 Å². The summed E-state index contributed by atoms with van der Waals surface area (Å²) in [7, 11) is 0. The monoisotopic (exact) mass is 423 g/mol. The van der Waals surface area contributed by atoms with Crippen molar-refractivity contribution in [3.05, 3.63) is 19.2 Å². The molecule has 2 heterocycles. The van der Waals surface area contributed by atoms with Gasteiger partial charge in [0.25, 0.3) is 0 Å². The fourth-order valence-corrected chi connectivity index (χ4v) is 4.83. The summed E-state index contributed by atoms with van der Waals surface area (Å²) < 4.78 is 1.79. The lowest BCUT2D eigenvalue weighted by atomic mass is 9.96. The minimum Gasteiger partial charge on any atom is -0.481 e. The van der Waals surface area contributed by atoms with E-state index in [2.05, 4.69) is 31.9 Å². The molecule has 110 valence electrons. The maximum absolute atomic E-state index is 12.3. The number of thiophene rings is 1. The van der Waals surface area contributed by atoms with Crippen molar-refractivity contribution in [1.82, 2.24) is 4.90 Å². The van der Waals surface area contributed by atoms with E-state index in [9.17, 15) is 14.7 Å². The summed E-state index contributed by atoms with van der Waals surface area (Å²) in [5.74, 6) is -1.72. The van der Waals surface area contributed by atoms with E-state index in [1.165, 1.54) is 11.3 Å². The highest BCUT2D eigenvalue weighted by molar-refractivity contribution is 9.13. The molecule has 0 spiro atoms. The number of carboxylic acid groups (broad SMARTS) is 1. The van der Waals surface area contributed by atoms with Crippen molar-refractivity contribution in [2.75, 3.05) is 0 Å². The van der Waals surface area contributed by atoms with Crippen molar-refractivity contribution in [2.24, 2.45) is 5.92 Å². The lowest BCUT2D eigenvalue weighted by molar-refractivity contribution is -0.142. The first-order valence-electron chi connectivity index (χ1n) is 6.12. The molecule has 0 radical (unpaired) electrons. The first-order valence-corrected chi connectivity index (χ1v) is 8.53. The summed E-state index contributed by atoms with van der Waals surface area (Å²) in [6, 6.07) is 1.49. The number of carboxylic acids is 1. The van der Waals surface area contributed by atoms with E-state index in [4.69, 9.17) is 0 Å². The van der Waals surface area contributed by atoms with Gasteiger partial charge in [0.2, 0.25) is 5.91 Å². The van der Waals surface area contributed by atoms with Gasteiger partial charge >= 0.3 is 5.97 Å². The largest absolute Gasteiger partial charge is 0.481 e. The molecule has 1 aliphatic heterocycles. The summed E-state index contributed by atoms with van der Waals surface area (Å²) in [5, 5.41) is 9.42. The van der Waals surface area contributed by atoms with Crippen molar-refractivity contribution in [1.29, 1.82) is 0 Å². The molecule has 0 aliphatic carbocycles. The van der Waals surface area contributed by atoms with Crippen LogP contribution in [0.25, 0.3) is 0 Å². The maximum Gasteiger partial charge on any atom is 0.309 e. The predicted molar refractivity (Wildman–Crippen MR) is 84.8 cm³/mol. The molecular weight excluding hydrogens is 410 g/mol. The smallest absolute Gasteiger partial charge is 0.309 e. The Kier molecular flexibility index (Phi) is 4.33. The zero-order valence-corrected chi connectivity index (χ0v) is 15.3. The first-order chi connectivity index (χ1) is 9.12. The van der Waals surface area contributed by atoms with Gasteiger partial charge in [-0.15, -0.1) is 11.3 Å². The molecule has 4 nitrogen and oxygen atoms in total. The zero-order valence-electron chi connectivity index (χ0n) is 11.3. The third kappa shape index (κ3) is 2.80. The third-order valence-electron chi connectivity index (χ3n) is 3.32. The van der Waals surface area contributed by atoms with Crippen molar-refractivity contribution in [3.8, 4) is 0 Å². The van der Waals surface area contributed by atoms with Crippen LogP contribution in [0.1, 0.15) is 38.1 Å². The maximum atomic E-state index is 12.3. The van der Waals surface area contributed by atoms with E-state index in [-0.39, 0.29) is 12.3 Å². The Hall–Kier alpha value is -0.400. The summed E-state index contributed by atoms with van der Waals surface area (Å²) in [4.78, 5) is 26.3. The van der Waals surface area contributed by atoms with Crippen LogP contribution in [0.3, 0.4) is 0 Å². The highest BCUT2D eigenvalue weighted by Gasteiger charge is 2.49. The number of amides is 1. The predicted octanol–water partition coefficient (Wildman–Crippen LogP) is 4.05. The van der Waals surface area contributed by atoms with E-state index in [0.29, 0.717) is 0 Å². The second-order valence-electron chi connectivity index (χ2n) is 5.80. The molecule has 2 unspecified atom stereocenters. The highest BCUT2D eigenvalue weighted by Crippen LogP contribution is 2.47. The summed E-state index contributed by atoms with van der Waals surface area (Å²) >= 11 is 8.31. The molecule has 0 saturated carbocycles. The minimum atomic E-state index is -0.921. The van der Waals surface area contributed by atoms with Crippen molar-refractivity contribution < 1.29 is 14.7 Å². The number of carbonyl (C=O) groups is 2. The average Bonchev–Trinajstić information content (AvgIpc) is 2.79. The number of halogens is 2. The Bertz CT molecular complexity index is 545. The van der Waals surface area contributed by atoms with E-state index in [1.54, 1.807) is 4.90 Å². The van der Waals surface area contributed by atoms with Crippen LogP contribution in [-0.2, 0) is 9.59 Å². The van der Waals surface area contributed by atoms with Crippen LogP contribution >= 0.6 is 43.2 Å². The van der Waals surface area contributed by atoms with Gasteiger partial charge in [0.05, 0.1) is 15.7 Å². The Morgan fingerprint density at radius 3 is 2.45 bits per heavy atom. The van der Waals surface area contributed by atoms with E-state index in [1.807, 2.05) is 26.8 Å². The van der Waals surface area contributed by atoms with Gasteiger partial charge in [0.15, 0.2) is 0 Å². The number of hydrogen-bond donors (Lipinski definition) is 1. The lowest BCUT2D eigenvalue weighted by Crippen LogP contribution is -2.44. The van der Waals surface area contributed by atoms with Gasteiger partial charge in [-0.25, -0.2) is 0 Å². The van der Waals surface area contributed by atoms with Crippen LogP contribution in [0, 0.1) is 5.92 Å². The average molecular weight is 425 g/mol. The molecule has 2 rings (SSSR count). The second kappa shape index (κ2) is 5.42. The third-order valence-corrected chi connectivity index (χ3v) is 6.65. The molecule has 1 aromatic heterocycles. The van der Waals surface area contributed by atoms with Gasteiger partial charge in [-0.3, -0.25) is 9.59 Å². The van der Waals surface area contributed by atoms with Crippen LogP contribution in [0.5, 0.6) is 0 Å². The van der Waals surface area contributed by atoms with Crippen LogP contribution in [0.15, 0.2) is 14.3 Å². The molecule has 1 N–H and O–H groups in total. The molecule has 1 amide bonds. The van der Waals surface area contributed by atoms with Crippen LogP contribution in [0.4, 0.5) is 0 Å². The molecule has 1 fully saturated rings. The Morgan fingerprint density at radius 1 is 1.45 bits per heavy atom. The van der Waals surface area contributed by atoms with Gasteiger partial charge < -0.3 is 10.0 Å². The molecule has 1 aliphatic rings. The molecule has 20 heavy (non-hydrogen) atoms. The van der Waals surface area contributed by atoms with Crippen LogP contribution < -0.4 is 0 Å². The summed E-state index contributed by atoms with van der Waals surface area (Å²) in [5.41, 5.74) is -0.408. The van der Waals surface area contributed by atoms with Gasteiger partial charge in [-0.05, 0) is 58.7 Å². The Labute approximate surface area is 138 Å². The normalized spacial score (nSPS) is 23.4. The molecular formula is C13H15Br2NO3S. The molecule has 1 saturated heterocycles. The quantitative estimate of drug-likeness (QED) is 0.779. The van der Waals surface area contributed by atoms with E-state index >= 15 is 0 Å². The molecule has 0 bridgehead atoms. The van der Waals surface area contributed by atoms with E-state index < -0.39 is 23.5 Å². The van der Waals surface area contributed by atoms with Crippen molar-refractivity contribution >= 4 is 55.1 Å². The summed E-state index contributed by atoms with van der Waals surface area (Å²) in [6.45, 7) is 5.79. The number of likely N-dealkylation sites (tertiary alicyclic amines) is 1. The molecule has 7 heteroatoms. The SMILES string of the molecule is CC(C)(C)N1C(=O)CC(C(=O)O)C1c1cc(Br)c(Br)s1. The van der Waals surface area contributed by atoms with Crippen LogP contribution in [0.2, 0.25) is 0 Å². The Morgan fingerprint density at radius 2 is 2.05 bits per heavy atom. The number of hydrogen-bond acceptors (Lipinski definition) is 3. The fraction of sp³-hybridized carbons (Fsp3) is 0.538. The number of carbonyl (C=O) groups excluding carboxylic acids is 1. The fourth-order valence-electron chi connectivity index (χ4n) is 2.58. The van der Waals surface area contributed by atoms with Crippen LogP contribution in [-0.4, -0.2) is 27.4 Å². The molecule has 0 aromatic carbocycles. The van der Waals surface area contributed by atoms with E-state index in [0.717, 1.165) is 13.1 Å². The van der Waals surface area contributed by atoms with Gasteiger partial charge in [0, 0.05) is 21.3 Å². The first kappa shape index (κ1) is 16.0. The number of nitrogens with zero attached hydrogens (tertiary/aromatic N) is 1.